The van der Waals surface area contributed by atoms with Crippen LogP contribution in [0.5, 0.6) is 0 Å². The van der Waals surface area contributed by atoms with Gasteiger partial charge in [-0.05, 0) is 12.1 Å². The molecule has 0 aliphatic heterocycles. The first-order valence-corrected chi connectivity index (χ1v) is 7.23. The minimum absolute atomic E-state index is 0.284. The van der Waals surface area contributed by atoms with Crippen LogP contribution in [0.3, 0.4) is 0 Å². The van der Waals surface area contributed by atoms with E-state index >= 15 is 0 Å². The van der Waals surface area contributed by atoms with Crippen LogP contribution in [0.2, 0.25) is 0 Å². The molecule has 1 N–H and O–H groups in total. The average Bonchev–Trinajstić information content (AvgIpc) is 2.71. The van der Waals surface area contributed by atoms with E-state index in [1.54, 1.807) is 35.2 Å². The lowest BCUT2D eigenvalue weighted by Gasteiger charge is -2.10. The SMILES string of the molecule is Cn1cnnc1CNc1ccccc1S(C)(=O)=O. The Morgan fingerprint density at radius 2 is 2.06 bits per heavy atom. The van der Waals surface area contributed by atoms with Crippen molar-refractivity contribution >= 4 is 15.5 Å². The fourth-order valence-corrected chi connectivity index (χ4v) is 2.44. The van der Waals surface area contributed by atoms with Gasteiger partial charge in [0.05, 0.1) is 17.1 Å². The fraction of sp³-hybridized carbons (Fsp3) is 0.273. The van der Waals surface area contributed by atoms with Crippen molar-refractivity contribution in [2.75, 3.05) is 11.6 Å². The van der Waals surface area contributed by atoms with Crippen LogP contribution in [-0.2, 0) is 23.4 Å². The zero-order chi connectivity index (χ0) is 13.2. The molecule has 0 spiro atoms. The number of para-hydroxylation sites is 1. The lowest BCUT2D eigenvalue weighted by atomic mass is 10.3. The number of aryl methyl sites for hydroxylation is 1. The van der Waals surface area contributed by atoms with Gasteiger partial charge >= 0.3 is 0 Å². The second-order valence-corrected chi connectivity index (χ2v) is 5.96. The van der Waals surface area contributed by atoms with Gasteiger partial charge in [0.15, 0.2) is 15.7 Å². The zero-order valence-corrected chi connectivity index (χ0v) is 11.0. The molecule has 6 nitrogen and oxygen atoms in total. The number of sulfone groups is 1. The number of nitrogens with one attached hydrogen (secondary N) is 1. The Labute approximate surface area is 106 Å². The second kappa shape index (κ2) is 4.77. The summed E-state index contributed by atoms with van der Waals surface area (Å²) in [6.45, 7) is 0.420. The lowest BCUT2D eigenvalue weighted by Crippen LogP contribution is -2.09. The molecule has 1 aromatic carbocycles. The molecule has 96 valence electrons. The van der Waals surface area contributed by atoms with E-state index in [0.717, 1.165) is 5.82 Å². The molecule has 1 aromatic heterocycles. The lowest BCUT2D eigenvalue weighted by molar-refractivity contribution is 0.602. The third-order valence-electron chi connectivity index (χ3n) is 2.53. The van der Waals surface area contributed by atoms with E-state index in [0.29, 0.717) is 12.2 Å². The van der Waals surface area contributed by atoms with Crippen molar-refractivity contribution in [2.24, 2.45) is 7.05 Å². The molecule has 0 aliphatic carbocycles. The Morgan fingerprint density at radius 3 is 2.67 bits per heavy atom. The Hall–Kier alpha value is -1.89. The first-order valence-electron chi connectivity index (χ1n) is 5.34. The van der Waals surface area contributed by atoms with Gasteiger partial charge in [-0.25, -0.2) is 8.42 Å². The molecule has 0 radical (unpaired) electrons. The van der Waals surface area contributed by atoms with Crippen molar-refractivity contribution in [2.45, 2.75) is 11.4 Å². The first-order chi connectivity index (χ1) is 8.48. The molecule has 0 atom stereocenters. The van der Waals surface area contributed by atoms with Crippen LogP contribution in [0.25, 0.3) is 0 Å². The van der Waals surface area contributed by atoms with Gasteiger partial charge in [0.25, 0.3) is 0 Å². The molecule has 2 aromatic rings. The molecule has 0 saturated heterocycles. The number of rotatable bonds is 4. The Bertz CT molecular complexity index is 649. The monoisotopic (exact) mass is 266 g/mol. The van der Waals surface area contributed by atoms with Crippen LogP contribution in [0.4, 0.5) is 5.69 Å². The van der Waals surface area contributed by atoms with Crippen LogP contribution >= 0.6 is 0 Å². The van der Waals surface area contributed by atoms with Crippen molar-refractivity contribution in [3.8, 4) is 0 Å². The largest absolute Gasteiger partial charge is 0.377 e. The number of nitrogens with zero attached hydrogens (tertiary/aromatic N) is 3. The Balaban J connectivity index is 2.23. The smallest absolute Gasteiger partial charge is 0.177 e. The molecule has 0 aliphatic rings. The molecular formula is C11H14N4O2S. The van der Waals surface area contributed by atoms with E-state index in [9.17, 15) is 8.42 Å². The minimum atomic E-state index is -3.24. The summed E-state index contributed by atoms with van der Waals surface area (Å²) in [5.74, 6) is 0.735. The molecule has 18 heavy (non-hydrogen) atoms. The molecule has 7 heteroatoms. The molecule has 0 unspecified atom stereocenters. The maximum atomic E-state index is 11.6. The quantitative estimate of drug-likeness (QED) is 0.887. The topological polar surface area (TPSA) is 76.9 Å². The first kappa shape index (κ1) is 12.6. The maximum absolute atomic E-state index is 11.6. The van der Waals surface area contributed by atoms with E-state index in [4.69, 9.17) is 0 Å². The summed E-state index contributed by atoms with van der Waals surface area (Å²) in [6, 6.07) is 6.79. The number of benzene rings is 1. The number of aromatic nitrogens is 3. The van der Waals surface area contributed by atoms with Crippen LogP contribution < -0.4 is 5.32 Å². The second-order valence-electron chi connectivity index (χ2n) is 3.98. The predicted octanol–water partition coefficient (Wildman–Crippen LogP) is 0.831. The van der Waals surface area contributed by atoms with Crippen molar-refractivity contribution in [1.29, 1.82) is 0 Å². The summed E-state index contributed by atoms with van der Waals surface area (Å²) in [5, 5.41) is 10.7. The molecular weight excluding hydrogens is 252 g/mol. The summed E-state index contributed by atoms with van der Waals surface area (Å²) in [6.07, 6.45) is 2.79. The molecule has 0 saturated carbocycles. The van der Waals surface area contributed by atoms with Gasteiger partial charge in [-0.15, -0.1) is 10.2 Å². The number of anilines is 1. The highest BCUT2D eigenvalue weighted by Crippen LogP contribution is 2.20. The fourth-order valence-electron chi connectivity index (χ4n) is 1.58. The highest BCUT2D eigenvalue weighted by Gasteiger charge is 2.12. The normalized spacial score (nSPS) is 11.4. The third kappa shape index (κ3) is 2.67. The van der Waals surface area contributed by atoms with Crippen molar-refractivity contribution in [3.63, 3.8) is 0 Å². The van der Waals surface area contributed by atoms with Gasteiger partial charge in [-0.2, -0.15) is 0 Å². The summed E-state index contributed by atoms with van der Waals surface area (Å²) in [5.41, 5.74) is 0.572. The van der Waals surface area contributed by atoms with E-state index < -0.39 is 9.84 Å². The van der Waals surface area contributed by atoms with Crippen LogP contribution in [0, 0.1) is 0 Å². The molecule has 2 rings (SSSR count). The summed E-state index contributed by atoms with van der Waals surface area (Å²) in [4.78, 5) is 0.284. The third-order valence-corrected chi connectivity index (χ3v) is 3.68. The van der Waals surface area contributed by atoms with E-state index in [-0.39, 0.29) is 4.90 Å². The average molecular weight is 266 g/mol. The van der Waals surface area contributed by atoms with Crippen molar-refractivity contribution < 1.29 is 8.42 Å². The molecule has 1 heterocycles. The zero-order valence-electron chi connectivity index (χ0n) is 10.2. The van der Waals surface area contributed by atoms with Crippen molar-refractivity contribution in [1.82, 2.24) is 14.8 Å². The summed E-state index contributed by atoms with van der Waals surface area (Å²) in [7, 11) is -1.41. The predicted molar refractivity (Wildman–Crippen MR) is 67.9 cm³/mol. The number of hydrogen-bond acceptors (Lipinski definition) is 5. The van der Waals surface area contributed by atoms with E-state index in [1.807, 2.05) is 7.05 Å². The Morgan fingerprint density at radius 1 is 1.33 bits per heavy atom. The highest BCUT2D eigenvalue weighted by molar-refractivity contribution is 7.90. The molecule has 0 fully saturated rings. The highest BCUT2D eigenvalue weighted by atomic mass is 32.2. The summed E-state index contributed by atoms with van der Waals surface area (Å²) >= 11 is 0. The van der Waals surface area contributed by atoms with Gasteiger partial charge in [-0.3, -0.25) is 0 Å². The van der Waals surface area contributed by atoms with Crippen molar-refractivity contribution in [3.05, 3.63) is 36.4 Å². The van der Waals surface area contributed by atoms with Gasteiger partial charge in [0.1, 0.15) is 6.33 Å². The Kier molecular flexibility index (Phi) is 3.33. The molecule has 0 bridgehead atoms. The molecule has 0 amide bonds. The van der Waals surface area contributed by atoms with Crippen LogP contribution in [0.15, 0.2) is 35.5 Å². The van der Waals surface area contributed by atoms with Gasteiger partial charge in [-0.1, -0.05) is 12.1 Å². The van der Waals surface area contributed by atoms with Crippen LogP contribution in [-0.4, -0.2) is 29.4 Å². The standard InChI is InChI=1S/C11H14N4O2S/c1-15-8-13-14-11(15)7-12-9-5-3-4-6-10(9)18(2,16)17/h3-6,8,12H,7H2,1-2H3. The van der Waals surface area contributed by atoms with Crippen LogP contribution in [0.1, 0.15) is 5.82 Å². The maximum Gasteiger partial charge on any atom is 0.177 e. The minimum Gasteiger partial charge on any atom is -0.377 e. The van der Waals surface area contributed by atoms with Gasteiger partial charge < -0.3 is 9.88 Å². The van der Waals surface area contributed by atoms with E-state index in [2.05, 4.69) is 15.5 Å². The number of hydrogen-bond donors (Lipinski definition) is 1. The van der Waals surface area contributed by atoms with Gasteiger partial charge in [0, 0.05) is 13.3 Å². The van der Waals surface area contributed by atoms with Gasteiger partial charge in [0.2, 0.25) is 0 Å². The summed E-state index contributed by atoms with van der Waals surface area (Å²) < 4.78 is 25.0. The van der Waals surface area contributed by atoms with E-state index in [1.165, 1.54) is 6.26 Å².